The number of hydrogen-bond donors (Lipinski definition) is 2. The minimum atomic E-state index is -0.358. The second kappa shape index (κ2) is 8.92. The summed E-state index contributed by atoms with van der Waals surface area (Å²) in [6, 6.07) is 5.48. The number of rotatable bonds is 9. The van der Waals surface area contributed by atoms with Crippen molar-refractivity contribution < 1.29 is 19.1 Å². The quantitative estimate of drug-likeness (QED) is 0.359. The first kappa shape index (κ1) is 21.0. The molecule has 0 spiro atoms. The molecule has 0 bridgehead atoms. The van der Waals surface area contributed by atoms with Crippen molar-refractivity contribution in [2.24, 2.45) is 5.41 Å². The van der Waals surface area contributed by atoms with E-state index in [4.69, 9.17) is 9.47 Å². The fourth-order valence-electron chi connectivity index (χ4n) is 3.52. The molecule has 33 heavy (non-hydrogen) atoms. The van der Waals surface area contributed by atoms with Gasteiger partial charge in [0.15, 0.2) is 0 Å². The van der Waals surface area contributed by atoms with E-state index in [0.29, 0.717) is 54.0 Å². The minimum absolute atomic E-state index is 0.229. The van der Waals surface area contributed by atoms with E-state index < -0.39 is 0 Å². The van der Waals surface area contributed by atoms with Gasteiger partial charge in [0.1, 0.15) is 23.0 Å². The molecule has 5 heterocycles. The molecule has 2 N–H and O–H groups in total. The number of nitrogens with zero attached hydrogens (tertiary/aromatic N) is 5. The highest BCUT2D eigenvalue weighted by molar-refractivity contribution is 7.13. The largest absolute Gasteiger partial charge is 0.467 e. The first-order valence-corrected chi connectivity index (χ1v) is 10.9. The molecule has 0 radical (unpaired) electrons. The highest BCUT2D eigenvalue weighted by Crippen LogP contribution is 2.32. The molecule has 0 aromatic carbocycles. The first-order chi connectivity index (χ1) is 16.2. The number of nitrogens with one attached hydrogen (secondary N) is 2. The molecule has 0 saturated carbocycles. The Bertz CT molecular complexity index is 1250. The lowest BCUT2D eigenvalue weighted by Gasteiger charge is -2.40. The molecule has 12 heteroatoms. The number of H-pyrrole nitrogens is 1. The SMILES string of the molecule is O=COCC1(Cn2cc(NC(=O)c3csc(-c4cn[nH]c4)n3)c(-c3ccccn3)n2)COC1. The van der Waals surface area contributed by atoms with Crippen molar-refractivity contribution in [1.29, 1.82) is 0 Å². The molecular weight excluding hydrogens is 446 g/mol. The molecule has 0 unspecified atom stereocenters. The van der Waals surface area contributed by atoms with E-state index in [1.165, 1.54) is 11.3 Å². The monoisotopic (exact) mass is 465 g/mol. The molecule has 1 saturated heterocycles. The molecular formula is C21H19N7O4S. The van der Waals surface area contributed by atoms with E-state index in [1.807, 2.05) is 18.2 Å². The number of pyridine rings is 1. The standard InChI is InChI=1S/C21H19N7O4S/c29-13-32-12-21(10-31-11-21)9-28-7-16(18(27-28)15-3-1-2-4-22-15)25-19(30)17-8-33-20(26-17)14-5-23-24-6-14/h1-8,13H,9-12H2,(H,23,24)(H,25,30). The summed E-state index contributed by atoms with van der Waals surface area (Å²) in [7, 11) is 0. The summed E-state index contributed by atoms with van der Waals surface area (Å²) in [5.41, 5.74) is 2.39. The zero-order chi connectivity index (χ0) is 22.7. The topological polar surface area (TPSA) is 137 Å². The van der Waals surface area contributed by atoms with Crippen LogP contribution in [0.25, 0.3) is 22.0 Å². The highest BCUT2D eigenvalue weighted by Gasteiger charge is 2.40. The zero-order valence-corrected chi connectivity index (χ0v) is 18.1. The van der Waals surface area contributed by atoms with E-state index >= 15 is 0 Å². The molecule has 1 amide bonds. The van der Waals surface area contributed by atoms with Crippen molar-refractivity contribution in [2.75, 3.05) is 25.1 Å². The van der Waals surface area contributed by atoms with Gasteiger partial charge in [-0.05, 0) is 12.1 Å². The Morgan fingerprint density at radius 3 is 3.00 bits per heavy atom. The molecule has 1 aliphatic heterocycles. The summed E-state index contributed by atoms with van der Waals surface area (Å²) >= 11 is 1.36. The van der Waals surface area contributed by atoms with Gasteiger partial charge < -0.3 is 14.8 Å². The van der Waals surface area contributed by atoms with Crippen LogP contribution in [0.1, 0.15) is 10.5 Å². The van der Waals surface area contributed by atoms with Crippen molar-refractivity contribution >= 4 is 29.4 Å². The molecule has 168 valence electrons. The number of aromatic amines is 1. The van der Waals surface area contributed by atoms with Gasteiger partial charge in [-0.1, -0.05) is 6.07 Å². The third-order valence-corrected chi connectivity index (χ3v) is 6.06. The fraction of sp³-hybridized carbons (Fsp3) is 0.238. The minimum Gasteiger partial charge on any atom is -0.467 e. The Morgan fingerprint density at radius 2 is 2.30 bits per heavy atom. The van der Waals surface area contributed by atoms with Gasteiger partial charge in [-0.3, -0.25) is 24.4 Å². The van der Waals surface area contributed by atoms with Crippen molar-refractivity contribution in [3.8, 4) is 22.0 Å². The Labute approximate surface area is 191 Å². The fourth-order valence-corrected chi connectivity index (χ4v) is 4.30. The Hall–Kier alpha value is -3.90. The van der Waals surface area contributed by atoms with Crippen molar-refractivity contribution in [3.63, 3.8) is 0 Å². The summed E-state index contributed by atoms with van der Waals surface area (Å²) in [5.74, 6) is -0.358. The zero-order valence-electron chi connectivity index (χ0n) is 17.3. The lowest BCUT2D eigenvalue weighted by atomic mass is 9.87. The maximum Gasteiger partial charge on any atom is 0.293 e. The summed E-state index contributed by atoms with van der Waals surface area (Å²) in [5, 5.41) is 16.6. The summed E-state index contributed by atoms with van der Waals surface area (Å²) in [6.45, 7) is 2.03. The van der Waals surface area contributed by atoms with Gasteiger partial charge in [-0.15, -0.1) is 11.3 Å². The smallest absolute Gasteiger partial charge is 0.293 e. The van der Waals surface area contributed by atoms with Gasteiger partial charge in [0.25, 0.3) is 12.4 Å². The highest BCUT2D eigenvalue weighted by atomic mass is 32.1. The van der Waals surface area contributed by atoms with E-state index in [2.05, 4.69) is 30.6 Å². The van der Waals surface area contributed by atoms with Crippen LogP contribution in [0.4, 0.5) is 5.69 Å². The van der Waals surface area contributed by atoms with Gasteiger partial charge in [-0.2, -0.15) is 10.2 Å². The number of hydrogen-bond acceptors (Lipinski definition) is 9. The number of carbonyl (C=O) groups is 2. The average molecular weight is 465 g/mol. The van der Waals surface area contributed by atoms with Crippen LogP contribution in [0, 0.1) is 5.41 Å². The average Bonchev–Trinajstić information content (AvgIpc) is 3.57. The number of aromatic nitrogens is 6. The summed E-state index contributed by atoms with van der Waals surface area (Å²) in [4.78, 5) is 32.4. The van der Waals surface area contributed by atoms with Crippen LogP contribution in [0.15, 0.2) is 48.4 Å². The van der Waals surface area contributed by atoms with Crippen LogP contribution in [0.2, 0.25) is 0 Å². The first-order valence-electron chi connectivity index (χ1n) is 10.0. The second-order valence-corrected chi connectivity index (χ2v) is 8.54. The molecule has 4 aromatic rings. The number of carbonyl (C=O) groups excluding carboxylic acids is 2. The van der Waals surface area contributed by atoms with Crippen LogP contribution in [0.3, 0.4) is 0 Å². The van der Waals surface area contributed by atoms with E-state index in [1.54, 1.807) is 34.8 Å². The maximum absolute atomic E-state index is 13.0. The molecule has 4 aromatic heterocycles. The lowest BCUT2D eigenvalue weighted by molar-refractivity contribution is -0.164. The van der Waals surface area contributed by atoms with Crippen LogP contribution in [-0.4, -0.2) is 62.1 Å². The predicted octanol–water partition coefficient (Wildman–Crippen LogP) is 2.23. The molecule has 11 nitrogen and oxygen atoms in total. The third-order valence-electron chi connectivity index (χ3n) is 5.17. The lowest BCUT2D eigenvalue weighted by Crippen LogP contribution is -2.49. The molecule has 5 rings (SSSR count). The second-order valence-electron chi connectivity index (χ2n) is 7.68. The van der Waals surface area contributed by atoms with Gasteiger partial charge in [0.2, 0.25) is 0 Å². The maximum atomic E-state index is 13.0. The Kier molecular flexibility index (Phi) is 5.67. The summed E-state index contributed by atoms with van der Waals surface area (Å²) in [6.07, 6.45) is 6.78. The van der Waals surface area contributed by atoms with Gasteiger partial charge in [0.05, 0.1) is 42.8 Å². The number of thiazole rings is 1. The van der Waals surface area contributed by atoms with Crippen LogP contribution in [0.5, 0.6) is 0 Å². The van der Waals surface area contributed by atoms with E-state index in [-0.39, 0.29) is 17.9 Å². The molecule has 0 aliphatic carbocycles. The Balaban J connectivity index is 1.41. The van der Waals surface area contributed by atoms with Crippen LogP contribution >= 0.6 is 11.3 Å². The van der Waals surface area contributed by atoms with Crippen molar-refractivity contribution in [1.82, 2.24) is 29.9 Å². The van der Waals surface area contributed by atoms with Gasteiger partial charge in [0, 0.05) is 29.5 Å². The molecule has 1 fully saturated rings. The van der Waals surface area contributed by atoms with Gasteiger partial charge in [-0.25, -0.2) is 4.98 Å². The van der Waals surface area contributed by atoms with Crippen molar-refractivity contribution in [3.05, 3.63) is 54.1 Å². The summed E-state index contributed by atoms with van der Waals surface area (Å²) < 4.78 is 12.1. The molecule has 0 atom stereocenters. The predicted molar refractivity (Wildman–Crippen MR) is 118 cm³/mol. The van der Waals surface area contributed by atoms with Crippen LogP contribution < -0.4 is 5.32 Å². The number of ether oxygens (including phenoxy) is 2. The molecule has 1 aliphatic rings. The third kappa shape index (κ3) is 4.38. The van der Waals surface area contributed by atoms with Gasteiger partial charge >= 0.3 is 0 Å². The van der Waals surface area contributed by atoms with Crippen LogP contribution in [-0.2, 0) is 20.8 Å². The number of anilines is 1. The van der Waals surface area contributed by atoms with Crippen molar-refractivity contribution in [2.45, 2.75) is 6.54 Å². The normalized spacial score (nSPS) is 14.4. The van der Waals surface area contributed by atoms with E-state index in [9.17, 15) is 9.59 Å². The Morgan fingerprint density at radius 1 is 1.39 bits per heavy atom. The number of amides is 1. The van der Waals surface area contributed by atoms with E-state index in [0.717, 1.165) is 5.56 Å².